The third-order valence-electron chi connectivity index (χ3n) is 4.94. The van der Waals surface area contributed by atoms with Crippen molar-refractivity contribution in [2.45, 2.75) is 39.2 Å². The number of aromatic nitrogens is 1. The Morgan fingerprint density at radius 1 is 1.04 bits per heavy atom. The van der Waals surface area contributed by atoms with Crippen LogP contribution in [0.15, 0.2) is 48.8 Å². The number of benzene rings is 1. The number of anilines is 1. The monoisotopic (exact) mass is 351 g/mol. The molecule has 3 rings (SSSR count). The molecule has 0 unspecified atom stereocenters. The third kappa shape index (κ3) is 4.91. The van der Waals surface area contributed by atoms with Crippen LogP contribution < -0.4 is 10.6 Å². The lowest BCUT2D eigenvalue weighted by Crippen LogP contribution is -2.35. The zero-order chi connectivity index (χ0) is 18.4. The second-order valence-electron chi connectivity index (χ2n) is 6.99. The van der Waals surface area contributed by atoms with E-state index in [1.54, 1.807) is 12.4 Å². The molecule has 1 aromatic carbocycles. The van der Waals surface area contributed by atoms with Crippen LogP contribution in [0.4, 0.5) is 5.69 Å². The van der Waals surface area contributed by atoms with E-state index in [0.717, 1.165) is 42.5 Å². The highest BCUT2D eigenvalue weighted by molar-refractivity contribution is 5.92. The van der Waals surface area contributed by atoms with Crippen LogP contribution in [0.2, 0.25) is 0 Å². The van der Waals surface area contributed by atoms with Crippen LogP contribution in [0.25, 0.3) is 0 Å². The van der Waals surface area contributed by atoms with Crippen molar-refractivity contribution in [3.8, 4) is 0 Å². The number of carbonyl (C=O) groups is 2. The summed E-state index contributed by atoms with van der Waals surface area (Å²) in [5, 5.41) is 5.98. The van der Waals surface area contributed by atoms with Gasteiger partial charge in [0.25, 0.3) is 0 Å². The first-order valence-corrected chi connectivity index (χ1v) is 9.16. The summed E-state index contributed by atoms with van der Waals surface area (Å²) in [5.74, 6) is 0.115. The molecule has 2 amide bonds. The van der Waals surface area contributed by atoms with E-state index in [-0.39, 0.29) is 23.7 Å². The molecule has 136 valence electrons. The summed E-state index contributed by atoms with van der Waals surface area (Å²) in [6, 6.07) is 11.6. The Labute approximate surface area is 154 Å². The normalized spacial score (nSPS) is 19.6. The van der Waals surface area contributed by atoms with Crippen molar-refractivity contribution in [1.29, 1.82) is 0 Å². The van der Waals surface area contributed by atoms with E-state index < -0.39 is 0 Å². The molecule has 0 atom stereocenters. The van der Waals surface area contributed by atoms with Gasteiger partial charge < -0.3 is 10.6 Å². The Balaban J connectivity index is 1.44. The van der Waals surface area contributed by atoms with Crippen LogP contribution in [0, 0.1) is 18.8 Å². The smallest absolute Gasteiger partial charge is 0.227 e. The van der Waals surface area contributed by atoms with Gasteiger partial charge in [0.05, 0.1) is 0 Å². The van der Waals surface area contributed by atoms with Crippen LogP contribution in [0.3, 0.4) is 0 Å². The van der Waals surface area contributed by atoms with Gasteiger partial charge in [0.2, 0.25) is 11.8 Å². The van der Waals surface area contributed by atoms with Crippen LogP contribution in [-0.2, 0) is 16.1 Å². The fourth-order valence-electron chi connectivity index (χ4n) is 3.42. The molecule has 5 heteroatoms. The molecule has 0 saturated heterocycles. The quantitative estimate of drug-likeness (QED) is 0.867. The molecule has 1 aromatic heterocycles. The minimum atomic E-state index is -0.0158. The maximum absolute atomic E-state index is 12.4. The fourth-order valence-corrected chi connectivity index (χ4v) is 3.42. The minimum Gasteiger partial charge on any atom is -0.352 e. The highest BCUT2D eigenvalue weighted by Crippen LogP contribution is 2.30. The van der Waals surface area contributed by atoms with Crippen molar-refractivity contribution in [3.63, 3.8) is 0 Å². The second kappa shape index (κ2) is 8.61. The Morgan fingerprint density at radius 2 is 1.77 bits per heavy atom. The number of aryl methyl sites for hydroxylation is 1. The molecule has 2 N–H and O–H groups in total. The van der Waals surface area contributed by atoms with Crippen LogP contribution in [0.1, 0.15) is 36.8 Å². The molecule has 1 fully saturated rings. The molecular weight excluding hydrogens is 326 g/mol. The number of nitrogens with zero attached hydrogens (tertiary/aromatic N) is 1. The molecule has 0 radical (unpaired) electrons. The predicted molar refractivity (Wildman–Crippen MR) is 101 cm³/mol. The van der Waals surface area contributed by atoms with E-state index in [1.165, 1.54) is 0 Å². The topological polar surface area (TPSA) is 71.1 Å². The summed E-state index contributed by atoms with van der Waals surface area (Å²) in [6.45, 7) is 2.51. The number of hydrogen-bond donors (Lipinski definition) is 2. The minimum absolute atomic E-state index is 0.00492. The van der Waals surface area contributed by atoms with Crippen molar-refractivity contribution in [2.75, 3.05) is 5.32 Å². The Kier molecular flexibility index (Phi) is 6.00. The van der Waals surface area contributed by atoms with E-state index >= 15 is 0 Å². The maximum Gasteiger partial charge on any atom is 0.227 e. The molecular formula is C21H25N3O2. The molecule has 26 heavy (non-hydrogen) atoms. The molecule has 1 aliphatic carbocycles. The van der Waals surface area contributed by atoms with Gasteiger partial charge in [0, 0.05) is 36.5 Å². The van der Waals surface area contributed by atoms with Crippen molar-refractivity contribution < 1.29 is 9.59 Å². The lowest BCUT2D eigenvalue weighted by Gasteiger charge is -2.27. The van der Waals surface area contributed by atoms with Crippen LogP contribution in [-0.4, -0.2) is 16.8 Å². The van der Waals surface area contributed by atoms with E-state index in [9.17, 15) is 9.59 Å². The summed E-state index contributed by atoms with van der Waals surface area (Å²) in [4.78, 5) is 28.8. The summed E-state index contributed by atoms with van der Waals surface area (Å²) >= 11 is 0. The zero-order valence-corrected chi connectivity index (χ0v) is 15.1. The maximum atomic E-state index is 12.4. The number of pyridine rings is 1. The number of nitrogens with one attached hydrogen (secondary N) is 2. The molecule has 0 aliphatic heterocycles. The van der Waals surface area contributed by atoms with E-state index in [2.05, 4.69) is 15.6 Å². The van der Waals surface area contributed by atoms with Crippen molar-refractivity contribution in [2.24, 2.45) is 11.8 Å². The van der Waals surface area contributed by atoms with Gasteiger partial charge in [0.15, 0.2) is 0 Å². The largest absolute Gasteiger partial charge is 0.352 e. The highest BCUT2D eigenvalue weighted by atomic mass is 16.2. The van der Waals surface area contributed by atoms with Crippen molar-refractivity contribution >= 4 is 17.5 Å². The van der Waals surface area contributed by atoms with Gasteiger partial charge in [-0.1, -0.05) is 18.2 Å². The first-order valence-electron chi connectivity index (χ1n) is 9.16. The highest BCUT2D eigenvalue weighted by Gasteiger charge is 2.29. The SMILES string of the molecule is Cc1cccc(NC(=O)C2CCC(C(=O)NCc3cccnc3)CC2)c1. The standard InChI is InChI=1S/C21H25N3O2/c1-15-4-2-6-19(12-15)24-21(26)18-9-7-17(8-10-18)20(25)23-14-16-5-3-11-22-13-16/h2-6,11-13,17-18H,7-10,14H2,1H3,(H,23,25)(H,24,26). The summed E-state index contributed by atoms with van der Waals surface area (Å²) in [5.41, 5.74) is 2.95. The molecule has 1 aliphatic rings. The van der Waals surface area contributed by atoms with Crippen molar-refractivity contribution in [1.82, 2.24) is 10.3 Å². The van der Waals surface area contributed by atoms with Gasteiger partial charge in [-0.15, -0.1) is 0 Å². The van der Waals surface area contributed by atoms with Crippen LogP contribution in [0.5, 0.6) is 0 Å². The first-order chi connectivity index (χ1) is 12.6. The van der Waals surface area contributed by atoms with Gasteiger partial charge >= 0.3 is 0 Å². The molecule has 5 nitrogen and oxygen atoms in total. The first kappa shape index (κ1) is 18.1. The second-order valence-corrected chi connectivity index (χ2v) is 6.99. The Bertz CT molecular complexity index is 753. The van der Waals surface area contributed by atoms with Gasteiger partial charge in [0.1, 0.15) is 0 Å². The van der Waals surface area contributed by atoms with E-state index in [4.69, 9.17) is 0 Å². The lowest BCUT2D eigenvalue weighted by molar-refractivity contribution is -0.128. The predicted octanol–water partition coefficient (Wildman–Crippen LogP) is 3.45. The summed E-state index contributed by atoms with van der Waals surface area (Å²) in [7, 11) is 0. The summed E-state index contributed by atoms with van der Waals surface area (Å²) < 4.78 is 0. The number of hydrogen-bond acceptors (Lipinski definition) is 3. The number of carbonyl (C=O) groups excluding carboxylic acids is 2. The van der Waals surface area contributed by atoms with Gasteiger partial charge in [-0.3, -0.25) is 14.6 Å². The Hall–Kier alpha value is -2.69. The van der Waals surface area contributed by atoms with Gasteiger partial charge in [-0.2, -0.15) is 0 Å². The van der Waals surface area contributed by atoms with E-state index in [1.807, 2.05) is 43.3 Å². The summed E-state index contributed by atoms with van der Waals surface area (Å²) in [6.07, 6.45) is 6.49. The van der Waals surface area contributed by atoms with Gasteiger partial charge in [-0.05, 0) is 61.9 Å². The van der Waals surface area contributed by atoms with Crippen molar-refractivity contribution in [3.05, 3.63) is 59.9 Å². The van der Waals surface area contributed by atoms with E-state index in [0.29, 0.717) is 6.54 Å². The molecule has 0 bridgehead atoms. The molecule has 1 saturated carbocycles. The van der Waals surface area contributed by atoms with Gasteiger partial charge in [-0.25, -0.2) is 0 Å². The third-order valence-corrected chi connectivity index (χ3v) is 4.94. The lowest BCUT2D eigenvalue weighted by atomic mass is 9.81. The Morgan fingerprint density at radius 3 is 2.42 bits per heavy atom. The molecule has 2 aromatic rings. The zero-order valence-electron chi connectivity index (χ0n) is 15.1. The number of rotatable bonds is 5. The number of amides is 2. The average Bonchev–Trinajstić information content (AvgIpc) is 2.67. The molecule has 0 spiro atoms. The average molecular weight is 351 g/mol. The molecule has 1 heterocycles. The fraction of sp³-hybridized carbons (Fsp3) is 0.381. The van der Waals surface area contributed by atoms with Crippen LogP contribution >= 0.6 is 0 Å².